The van der Waals surface area contributed by atoms with E-state index < -0.39 is 0 Å². The number of ether oxygens (including phenoxy) is 1. The second kappa shape index (κ2) is 6.15. The molecule has 1 aromatic carbocycles. The molecule has 0 atom stereocenters. The molecule has 8 heteroatoms. The van der Waals surface area contributed by atoms with E-state index in [1.54, 1.807) is 43.1 Å². The summed E-state index contributed by atoms with van der Waals surface area (Å²) in [5.74, 6) is 0.375. The molecule has 0 unspecified atom stereocenters. The number of aryl methyl sites for hydroxylation is 2. The number of benzene rings is 1. The van der Waals surface area contributed by atoms with E-state index in [0.717, 1.165) is 5.69 Å². The fourth-order valence-electron chi connectivity index (χ4n) is 2.35. The molecule has 0 aliphatic rings. The van der Waals surface area contributed by atoms with Crippen molar-refractivity contribution < 1.29 is 9.53 Å². The fraction of sp³-hybridized carbons (Fsp3) is 0.250. The van der Waals surface area contributed by atoms with Gasteiger partial charge in [0.1, 0.15) is 17.8 Å². The van der Waals surface area contributed by atoms with Gasteiger partial charge in [-0.3, -0.25) is 18.8 Å². The van der Waals surface area contributed by atoms with Crippen molar-refractivity contribution in [3.63, 3.8) is 0 Å². The van der Waals surface area contributed by atoms with Crippen molar-refractivity contribution in [2.24, 2.45) is 7.05 Å². The SMILES string of the molecule is COc1ccc(NC(=O)Cn2cnc3c(C)n(C)nc3c2=O)cc1. The second-order valence-corrected chi connectivity index (χ2v) is 5.36. The standard InChI is InChI=1S/C16H17N5O3/c1-10-14-15(19-20(10)2)16(23)21(9-17-14)8-13(22)18-11-4-6-12(24-3)7-5-11/h4-7,9H,8H2,1-3H3,(H,18,22). The Hall–Kier alpha value is -3.16. The zero-order valence-electron chi connectivity index (χ0n) is 13.6. The number of rotatable bonds is 4. The lowest BCUT2D eigenvalue weighted by Gasteiger charge is -2.07. The van der Waals surface area contributed by atoms with Crippen LogP contribution in [0.2, 0.25) is 0 Å². The number of hydrogen-bond donors (Lipinski definition) is 1. The molecule has 0 aliphatic heterocycles. The maximum atomic E-state index is 12.4. The largest absolute Gasteiger partial charge is 0.497 e. The summed E-state index contributed by atoms with van der Waals surface area (Å²) in [6, 6.07) is 6.93. The Morgan fingerprint density at radius 2 is 1.96 bits per heavy atom. The Labute approximate surface area is 137 Å². The zero-order valence-corrected chi connectivity index (χ0v) is 13.6. The summed E-state index contributed by atoms with van der Waals surface area (Å²) in [6.45, 7) is 1.70. The molecule has 8 nitrogen and oxygen atoms in total. The second-order valence-electron chi connectivity index (χ2n) is 5.36. The number of fused-ring (bicyclic) bond motifs is 1. The van der Waals surface area contributed by atoms with Crippen molar-refractivity contribution >= 4 is 22.6 Å². The fourth-order valence-corrected chi connectivity index (χ4v) is 2.35. The van der Waals surface area contributed by atoms with Crippen LogP contribution in [0.3, 0.4) is 0 Å². The van der Waals surface area contributed by atoms with E-state index in [4.69, 9.17) is 4.74 Å². The van der Waals surface area contributed by atoms with Gasteiger partial charge in [0, 0.05) is 12.7 Å². The number of methoxy groups -OCH3 is 1. The number of amides is 1. The molecule has 3 rings (SSSR count). The summed E-state index contributed by atoms with van der Waals surface area (Å²) >= 11 is 0. The third-order valence-corrected chi connectivity index (χ3v) is 3.78. The first-order valence-corrected chi connectivity index (χ1v) is 7.32. The summed E-state index contributed by atoms with van der Waals surface area (Å²) in [6.07, 6.45) is 1.37. The van der Waals surface area contributed by atoms with Crippen LogP contribution < -0.4 is 15.6 Å². The minimum atomic E-state index is -0.339. The molecular formula is C16H17N5O3. The highest BCUT2D eigenvalue weighted by Gasteiger charge is 2.13. The van der Waals surface area contributed by atoms with Crippen LogP contribution in [0.25, 0.3) is 11.0 Å². The van der Waals surface area contributed by atoms with Gasteiger partial charge in [-0.15, -0.1) is 0 Å². The first-order valence-electron chi connectivity index (χ1n) is 7.32. The summed E-state index contributed by atoms with van der Waals surface area (Å²) < 4.78 is 7.90. The minimum Gasteiger partial charge on any atom is -0.497 e. The van der Waals surface area contributed by atoms with Crippen molar-refractivity contribution in [2.45, 2.75) is 13.5 Å². The van der Waals surface area contributed by atoms with E-state index in [0.29, 0.717) is 17.0 Å². The number of carbonyl (C=O) groups excluding carboxylic acids is 1. The molecule has 0 saturated carbocycles. The van der Waals surface area contributed by atoms with E-state index in [1.807, 2.05) is 6.92 Å². The van der Waals surface area contributed by atoms with Gasteiger partial charge in [0.25, 0.3) is 5.56 Å². The Balaban J connectivity index is 1.80. The van der Waals surface area contributed by atoms with Crippen LogP contribution in [0.1, 0.15) is 5.69 Å². The topological polar surface area (TPSA) is 91.0 Å². The number of nitrogens with one attached hydrogen (secondary N) is 1. The van der Waals surface area contributed by atoms with Gasteiger partial charge in [0.2, 0.25) is 5.91 Å². The number of nitrogens with zero attached hydrogens (tertiary/aromatic N) is 4. The monoisotopic (exact) mass is 327 g/mol. The number of hydrogen-bond acceptors (Lipinski definition) is 5. The van der Waals surface area contributed by atoms with Gasteiger partial charge in [-0.05, 0) is 31.2 Å². The smallest absolute Gasteiger partial charge is 0.282 e. The molecule has 2 aromatic heterocycles. The van der Waals surface area contributed by atoms with Gasteiger partial charge in [-0.2, -0.15) is 5.10 Å². The maximum absolute atomic E-state index is 12.4. The quantitative estimate of drug-likeness (QED) is 0.774. The molecule has 2 heterocycles. The van der Waals surface area contributed by atoms with Crippen molar-refractivity contribution in [1.82, 2.24) is 19.3 Å². The van der Waals surface area contributed by atoms with Crippen LogP contribution in [0.15, 0.2) is 35.4 Å². The molecule has 0 spiro atoms. The van der Waals surface area contributed by atoms with Gasteiger partial charge in [0.05, 0.1) is 19.1 Å². The Kier molecular flexibility index (Phi) is 4.03. The highest BCUT2D eigenvalue weighted by atomic mass is 16.5. The summed E-state index contributed by atoms with van der Waals surface area (Å²) in [4.78, 5) is 28.8. The van der Waals surface area contributed by atoms with E-state index in [9.17, 15) is 9.59 Å². The lowest BCUT2D eigenvalue weighted by atomic mass is 10.3. The molecule has 0 fully saturated rings. The van der Waals surface area contributed by atoms with E-state index >= 15 is 0 Å². The number of carbonyl (C=O) groups is 1. The van der Waals surface area contributed by atoms with Crippen LogP contribution in [0.5, 0.6) is 5.75 Å². The molecular weight excluding hydrogens is 310 g/mol. The molecule has 0 saturated heterocycles. The average Bonchev–Trinajstić information content (AvgIpc) is 2.87. The minimum absolute atomic E-state index is 0.135. The third kappa shape index (κ3) is 2.85. The Bertz CT molecular complexity index is 956. The molecule has 1 N–H and O–H groups in total. The van der Waals surface area contributed by atoms with E-state index in [-0.39, 0.29) is 23.5 Å². The van der Waals surface area contributed by atoms with Crippen LogP contribution in [-0.2, 0) is 18.4 Å². The third-order valence-electron chi connectivity index (χ3n) is 3.78. The van der Waals surface area contributed by atoms with Crippen molar-refractivity contribution in [3.05, 3.63) is 46.6 Å². The van der Waals surface area contributed by atoms with Crippen LogP contribution in [-0.4, -0.2) is 32.3 Å². The average molecular weight is 327 g/mol. The molecule has 0 bridgehead atoms. The molecule has 0 radical (unpaired) electrons. The normalized spacial score (nSPS) is 10.8. The lowest BCUT2D eigenvalue weighted by molar-refractivity contribution is -0.116. The Morgan fingerprint density at radius 3 is 2.62 bits per heavy atom. The maximum Gasteiger partial charge on any atom is 0.282 e. The first-order chi connectivity index (χ1) is 11.5. The predicted molar refractivity (Wildman–Crippen MR) is 89.1 cm³/mol. The van der Waals surface area contributed by atoms with Gasteiger partial charge in [-0.25, -0.2) is 4.98 Å². The highest BCUT2D eigenvalue weighted by molar-refractivity contribution is 5.90. The summed E-state index contributed by atoms with van der Waals surface area (Å²) in [5, 5.41) is 6.88. The molecule has 3 aromatic rings. The van der Waals surface area contributed by atoms with Gasteiger partial charge in [-0.1, -0.05) is 0 Å². The molecule has 0 aliphatic carbocycles. The Morgan fingerprint density at radius 1 is 1.25 bits per heavy atom. The molecule has 24 heavy (non-hydrogen) atoms. The van der Waals surface area contributed by atoms with Crippen LogP contribution >= 0.6 is 0 Å². The predicted octanol–water partition coefficient (Wildman–Crippen LogP) is 1.09. The van der Waals surface area contributed by atoms with Crippen molar-refractivity contribution in [1.29, 1.82) is 0 Å². The van der Waals surface area contributed by atoms with Crippen LogP contribution in [0.4, 0.5) is 5.69 Å². The molecule has 1 amide bonds. The summed E-state index contributed by atoms with van der Waals surface area (Å²) in [5.41, 5.74) is 1.89. The van der Waals surface area contributed by atoms with Crippen LogP contribution in [0, 0.1) is 6.92 Å². The van der Waals surface area contributed by atoms with E-state index in [2.05, 4.69) is 15.4 Å². The van der Waals surface area contributed by atoms with Gasteiger partial charge >= 0.3 is 0 Å². The van der Waals surface area contributed by atoms with Crippen molar-refractivity contribution in [2.75, 3.05) is 12.4 Å². The van der Waals surface area contributed by atoms with E-state index in [1.165, 1.54) is 10.9 Å². The molecule has 124 valence electrons. The lowest BCUT2D eigenvalue weighted by Crippen LogP contribution is -2.28. The zero-order chi connectivity index (χ0) is 17.3. The van der Waals surface area contributed by atoms with Gasteiger partial charge < -0.3 is 10.1 Å². The summed E-state index contributed by atoms with van der Waals surface area (Å²) in [7, 11) is 3.32. The number of aromatic nitrogens is 4. The highest BCUT2D eigenvalue weighted by Crippen LogP contribution is 2.15. The van der Waals surface area contributed by atoms with Crippen molar-refractivity contribution in [3.8, 4) is 5.75 Å². The first kappa shape index (κ1) is 15.7. The van der Waals surface area contributed by atoms with Gasteiger partial charge in [0.15, 0.2) is 5.52 Å². The number of anilines is 1.